The Morgan fingerprint density at radius 2 is 2.12 bits per heavy atom. The summed E-state index contributed by atoms with van der Waals surface area (Å²) in [5.41, 5.74) is 6.58. The number of nitrogens with two attached hydrogens (primary N) is 1. The van der Waals surface area contributed by atoms with Crippen LogP contribution in [-0.4, -0.2) is 59.9 Å². The zero-order valence-electron chi connectivity index (χ0n) is 13.8. The second kappa shape index (κ2) is 6.92. The molecule has 0 bridgehead atoms. The minimum absolute atomic E-state index is 0.287. The molecule has 1 aromatic carbocycles. The van der Waals surface area contributed by atoms with Crippen LogP contribution in [0.15, 0.2) is 24.3 Å². The quantitative estimate of drug-likeness (QED) is 0.573. The van der Waals surface area contributed by atoms with Gasteiger partial charge in [-0.15, -0.1) is 0 Å². The molecule has 1 aromatic heterocycles. The predicted octanol–water partition coefficient (Wildman–Crippen LogP) is 1.61. The number of benzene rings is 1. The van der Waals surface area contributed by atoms with Gasteiger partial charge in [0.2, 0.25) is 0 Å². The van der Waals surface area contributed by atoms with Crippen molar-refractivity contribution < 1.29 is 9.53 Å². The fourth-order valence-electron chi connectivity index (χ4n) is 2.90. The summed E-state index contributed by atoms with van der Waals surface area (Å²) in [7, 11) is 1.48. The van der Waals surface area contributed by atoms with E-state index in [4.69, 9.17) is 15.9 Å². The highest BCUT2D eigenvalue weighted by molar-refractivity contribution is 6.05. The van der Waals surface area contributed by atoms with Crippen LogP contribution in [-0.2, 0) is 0 Å². The third-order valence-electron chi connectivity index (χ3n) is 4.37. The lowest BCUT2D eigenvalue weighted by atomic mass is 10.2. The number of guanidine groups is 1. The molecule has 1 aliphatic rings. The summed E-state index contributed by atoms with van der Waals surface area (Å²) in [5, 5.41) is 8.26. The van der Waals surface area contributed by atoms with Crippen molar-refractivity contribution in [3.8, 4) is 5.75 Å². The molecule has 0 unspecified atom stereocenters. The van der Waals surface area contributed by atoms with Gasteiger partial charge in [0.1, 0.15) is 18.1 Å². The number of H-pyrrole nitrogens is 1. The van der Waals surface area contributed by atoms with Crippen molar-refractivity contribution in [3.05, 3.63) is 30.0 Å². The Labute approximate surface area is 140 Å². The second-order valence-electron chi connectivity index (χ2n) is 6.08. The van der Waals surface area contributed by atoms with Gasteiger partial charge in [0, 0.05) is 30.6 Å². The van der Waals surface area contributed by atoms with Crippen molar-refractivity contribution in [1.29, 1.82) is 5.41 Å². The van der Waals surface area contributed by atoms with Gasteiger partial charge in [0.05, 0.1) is 0 Å². The van der Waals surface area contributed by atoms with Crippen molar-refractivity contribution >= 4 is 22.8 Å². The maximum absolute atomic E-state index is 12.2. The third kappa shape index (κ3) is 3.51. The Kier molecular flexibility index (Phi) is 4.71. The number of carbonyl (C=O) groups excluding carboxylic acids is 1. The number of hydrogen-bond donors (Lipinski definition) is 3. The van der Waals surface area contributed by atoms with E-state index in [2.05, 4.69) is 9.88 Å². The average Bonchev–Trinajstić information content (AvgIpc) is 3.22. The van der Waals surface area contributed by atoms with Crippen molar-refractivity contribution in [1.82, 2.24) is 14.8 Å². The molecule has 0 spiro atoms. The Morgan fingerprint density at radius 1 is 1.38 bits per heavy atom. The molecule has 2 aromatic rings. The molecule has 24 heavy (non-hydrogen) atoms. The number of ether oxygens (including phenoxy) is 1. The van der Waals surface area contributed by atoms with Gasteiger partial charge in [0.15, 0.2) is 5.96 Å². The number of fused-ring (bicyclic) bond motifs is 1. The first-order valence-corrected chi connectivity index (χ1v) is 8.14. The lowest BCUT2D eigenvalue weighted by Crippen LogP contribution is -2.38. The van der Waals surface area contributed by atoms with Crippen molar-refractivity contribution in [2.75, 3.05) is 33.3 Å². The molecule has 1 saturated heterocycles. The van der Waals surface area contributed by atoms with E-state index in [1.54, 1.807) is 6.07 Å². The van der Waals surface area contributed by atoms with E-state index < -0.39 is 0 Å². The standard InChI is InChI=1S/C17H23N5O2/c1-21(17(18)19)16(23)15-10-12-4-5-13(11-14(12)20-15)24-9-8-22-6-2-3-7-22/h4-5,10-11,20H,2-3,6-9H2,1H3,(H3,18,19). The highest BCUT2D eigenvalue weighted by atomic mass is 16.5. The van der Waals surface area contributed by atoms with E-state index in [9.17, 15) is 4.79 Å². The van der Waals surface area contributed by atoms with E-state index >= 15 is 0 Å². The molecule has 1 amide bonds. The molecule has 1 fully saturated rings. The molecule has 1 aliphatic heterocycles. The summed E-state index contributed by atoms with van der Waals surface area (Å²) in [5.74, 6) is 0.155. The van der Waals surface area contributed by atoms with E-state index in [-0.39, 0.29) is 11.9 Å². The topological polar surface area (TPSA) is 98.4 Å². The molecule has 0 atom stereocenters. The zero-order valence-corrected chi connectivity index (χ0v) is 13.8. The van der Waals surface area contributed by atoms with Crippen LogP contribution >= 0.6 is 0 Å². The fourth-order valence-corrected chi connectivity index (χ4v) is 2.90. The Morgan fingerprint density at radius 3 is 2.83 bits per heavy atom. The highest BCUT2D eigenvalue weighted by Gasteiger charge is 2.16. The van der Waals surface area contributed by atoms with Gasteiger partial charge in [-0.05, 0) is 44.1 Å². The Balaban J connectivity index is 1.67. The molecule has 3 rings (SSSR count). The number of amides is 1. The van der Waals surface area contributed by atoms with Crippen LogP contribution < -0.4 is 10.5 Å². The number of aromatic nitrogens is 1. The molecule has 7 nitrogen and oxygen atoms in total. The van der Waals surface area contributed by atoms with Gasteiger partial charge in [-0.2, -0.15) is 0 Å². The van der Waals surface area contributed by atoms with Crippen LogP contribution in [0, 0.1) is 5.41 Å². The first-order chi connectivity index (χ1) is 11.5. The number of likely N-dealkylation sites (tertiary alicyclic amines) is 1. The van der Waals surface area contributed by atoms with E-state index in [0.717, 1.165) is 41.2 Å². The summed E-state index contributed by atoms with van der Waals surface area (Å²) in [6.07, 6.45) is 2.56. The van der Waals surface area contributed by atoms with Crippen molar-refractivity contribution in [2.24, 2.45) is 5.73 Å². The van der Waals surface area contributed by atoms with Crippen LogP contribution in [0.4, 0.5) is 0 Å². The molecule has 0 saturated carbocycles. The maximum atomic E-state index is 12.2. The smallest absolute Gasteiger partial charge is 0.276 e. The lowest BCUT2D eigenvalue weighted by Gasteiger charge is -2.14. The Hall–Kier alpha value is -2.54. The zero-order chi connectivity index (χ0) is 17.1. The normalized spacial score (nSPS) is 14.9. The number of hydrogen-bond acceptors (Lipinski definition) is 4. The molecular formula is C17H23N5O2. The lowest BCUT2D eigenvalue weighted by molar-refractivity contribution is 0.0864. The first-order valence-electron chi connectivity index (χ1n) is 8.14. The van der Waals surface area contributed by atoms with Crippen molar-refractivity contribution in [2.45, 2.75) is 12.8 Å². The number of rotatable bonds is 5. The maximum Gasteiger partial charge on any atom is 0.276 e. The molecule has 4 N–H and O–H groups in total. The van der Waals surface area contributed by atoms with Crippen LogP contribution in [0.25, 0.3) is 10.9 Å². The van der Waals surface area contributed by atoms with Crippen molar-refractivity contribution in [3.63, 3.8) is 0 Å². The summed E-state index contributed by atoms with van der Waals surface area (Å²) < 4.78 is 5.82. The van der Waals surface area contributed by atoms with Gasteiger partial charge >= 0.3 is 0 Å². The van der Waals surface area contributed by atoms with Crippen LogP contribution in [0.1, 0.15) is 23.3 Å². The molecule has 7 heteroatoms. The highest BCUT2D eigenvalue weighted by Crippen LogP contribution is 2.22. The van der Waals surface area contributed by atoms with Gasteiger partial charge in [0.25, 0.3) is 5.91 Å². The minimum Gasteiger partial charge on any atom is -0.492 e. The average molecular weight is 329 g/mol. The minimum atomic E-state index is -0.338. The monoisotopic (exact) mass is 329 g/mol. The molecular weight excluding hydrogens is 306 g/mol. The van der Waals surface area contributed by atoms with Crippen LogP contribution in [0.2, 0.25) is 0 Å². The summed E-state index contributed by atoms with van der Waals surface area (Å²) >= 11 is 0. The van der Waals surface area contributed by atoms with Gasteiger partial charge in [-0.25, -0.2) is 0 Å². The first kappa shape index (κ1) is 16.3. The summed E-state index contributed by atoms with van der Waals surface area (Å²) in [4.78, 5) is 18.8. The van der Waals surface area contributed by atoms with Gasteiger partial charge in [-0.3, -0.25) is 20.0 Å². The predicted molar refractivity (Wildman–Crippen MR) is 93.5 cm³/mol. The number of nitrogens with one attached hydrogen (secondary N) is 2. The van der Waals surface area contributed by atoms with E-state index in [0.29, 0.717) is 12.3 Å². The Bertz CT molecular complexity index is 749. The van der Waals surface area contributed by atoms with Gasteiger partial charge in [-0.1, -0.05) is 0 Å². The van der Waals surface area contributed by atoms with Gasteiger partial charge < -0.3 is 15.5 Å². The number of nitrogens with zero attached hydrogens (tertiary/aromatic N) is 2. The SMILES string of the molecule is CN(C(=N)N)C(=O)c1cc2ccc(OCCN3CCCC3)cc2[nH]1. The van der Waals surface area contributed by atoms with E-state index in [1.165, 1.54) is 19.9 Å². The van der Waals surface area contributed by atoms with Crippen LogP contribution in [0.5, 0.6) is 5.75 Å². The van der Waals surface area contributed by atoms with E-state index in [1.807, 2.05) is 18.2 Å². The third-order valence-corrected chi connectivity index (χ3v) is 4.37. The van der Waals surface area contributed by atoms with Crippen LogP contribution in [0.3, 0.4) is 0 Å². The molecule has 128 valence electrons. The number of carbonyl (C=O) groups is 1. The molecule has 0 radical (unpaired) electrons. The summed E-state index contributed by atoms with van der Waals surface area (Å²) in [6, 6.07) is 7.47. The largest absolute Gasteiger partial charge is 0.492 e. The number of aromatic amines is 1. The molecule has 2 heterocycles. The second-order valence-corrected chi connectivity index (χ2v) is 6.08. The summed E-state index contributed by atoms with van der Waals surface area (Å²) in [6.45, 7) is 3.92. The fraction of sp³-hybridized carbons (Fsp3) is 0.412. The molecule has 0 aliphatic carbocycles.